The number of benzene rings is 2. The molecule has 0 atom stereocenters. The van der Waals surface area contributed by atoms with Crippen molar-refractivity contribution in [2.24, 2.45) is 20.2 Å². The van der Waals surface area contributed by atoms with E-state index in [1.54, 1.807) is 13.8 Å². The predicted octanol–water partition coefficient (Wildman–Crippen LogP) is 3.38. The molecule has 0 aliphatic carbocycles. The minimum atomic E-state index is 0. The van der Waals surface area contributed by atoms with E-state index >= 15 is 0 Å². The van der Waals surface area contributed by atoms with E-state index < -0.39 is 0 Å². The van der Waals surface area contributed by atoms with Crippen LogP contribution in [0.25, 0.3) is 0 Å². The summed E-state index contributed by atoms with van der Waals surface area (Å²) in [5.41, 5.74) is 8.27. The molecule has 0 spiro atoms. The van der Waals surface area contributed by atoms with Gasteiger partial charge in [0, 0.05) is 10.3 Å². The Morgan fingerprint density at radius 2 is 1.00 bits per heavy atom. The summed E-state index contributed by atoms with van der Waals surface area (Å²) in [6.07, 6.45) is 0. The van der Waals surface area contributed by atoms with E-state index in [1.807, 2.05) is 60.7 Å². The zero-order chi connectivity index (χ0) is 18.8. The zero-order valence-electron chi connectivity index (χ0n) is 14.7. The van der Waals surface area contributed by atoms with Crippen LogP contribution in [-0.2, 0) is 42.3 Å². The molecular formula is C18H18CuN6S2. The third-order valence-electron chi connectivity index (χ3n) is 3.14. The summed E-state index contributed by atoms with van der Waals surface area (Å²) in [6, 6.07) is 18.8. The van der Waals surface area contributed by atoms with Crippen molar-refractivity contribution in [3.8, 4) is 0 Å². The molecule has 9 heteroatoms. The van der Waals surface area contributed by atoms with Crippen LogP contribution in [0.3, 0.4) is 0 Å². The largest absolute Gasteiger partial charge is 2.00 e. The smallest absolute Gasteiger partial charge is 0.741 e. The van der Waals surface area contributed by atoms with Crippen molar-refractivity contribution in [3.63, 3.8) is 0 Å². The van der Waals surface area contributed by atoms with Gasteiger partial charge < -0.3 is 25.3 Å². The van der Waals surface area contributed by atoms with E-state index in [0.29, 0.717) is 11.4 Å². The third-order valence-corrected chi connectivity index (χ3v) is 3.50. The summed E-state index contributed by atoms with van der Waals surface area (Å²) in [5.74, 6) is 0. The molecule has 0 saturated carbocycles. The van der Waals surface area contributed by atoms with Gasteiger partial charge in [-0.1, -0.05) is 36.4 Å². The Kier molecular flexibility index (Phi) is 10.2. The molecule has 0 unspecified atom stereocenters. The summed E-state index contributed by atoms with van der Waals surface area (Å²) in [4.78, 5) is 8.47. The molecule has 2 aromatic rings. The first-order valence-corrected chi connectivity index (χ1v) is 8.58. The maximum Gasteiger partial charge on any atom is 2.00 e. The molecule has 0 amide bonds. The number of rotatable bonds is 5. The van der Waals surface area contributed by atoms with Crippen LogP contribution in [0.1, 0.15) is 13.8 Å². The maximum atomic E-state index is 5.14. The van der Waals surface area contributed by atoms with Gasteiger partial charge in [0.2, 0.25) is 0 Å². The van der Waals surface area contributed by atoms with Crippen LogP contribution in [0, 0.1) is 0 Å². The fourth-order valence-corrected chi connectivity index (χ4v) is 2.02. The van der Waals surface area contributed by atoms with E-state index in [2.05, 4.69) is 31.0 Å². The van der Waals surface area contributed by atoms with E-state index in [4.69, 9.17) is 25.3 Å². The van der Waals surface area contributed by atoms with E-state index in [9.17, 15) is 0 Å². The Bertz CT molecular complexity index is 764. The molecule has 0 aromatic heterocycles. The summed E-state index contributed by atoms with van der Waals surface area (Å²) >= 11 is 10.3. The zero-order valence-corrected chi connectivity index (χ0v) is 17.3. The minimum Gasteiger partial charge on any atom is -0.741 e. The summed E-state index contributed by atoms with van der Waals surface area (Å²) in [7, 11) is 0. The molecule has 0 saturated heterocycles. The van der Waals surface area contributed by atoms with Crippen LogP contribution in [-0.4, -0.2) is 21.8 Å². The molecule has 0 aliphatic heterocycles. The van der Waals surface area contributed by atoms with Gasteiger partial charge in [-0.15, -0.1) is 0 Å². The number of hydrazone groups is 2. The number of nitrogens with one attached hydrogen (secondary N) is 2. The van der Waals surface area contributed by atoms with Crippen LogP contribution in [0.5, 0.6) is 0 Å². The van der Waals surface area contributed by atoms with Gasteiger partial charge in [-0.3, -0.25) is 20.8 Å². The van der Waals surface area contributed by atoms with Crippen molar-refractivity contribution in [1.29, 1.82) is 0 Å². The van der Waals surface area contributed by atoms with Crippen LogP contribution in [0.2, 0.25) is 0 Å². The Hall–Kier alpha value is -2.32. The van der Waals surface area contributed by atoms with Gasteiger partial charge in [0.25, 0.3) is 0 Å². The SMILES string of the molecule is CC(=N/NC([S-])=Nc1ccccc1)/C(C)=N\NC([S-])=Nc1ccccc1.[Cu+2]. The van der Waals surface area contributed by atoms with E-state index in [-0.39, 0.29) is 27.4 Å². The van der Waals surface area contributed by atoms with Gasteiger partial charge >= 0.3 is 17.1 Å². The van der Waals surface area contributed by atoms with Crippen LogP contribution < -0.4 is 10.9 Å². The van der Waals surface area contributed by atoms with E-state index in [0.717, 1.165) is 11.4 Å². The Morgan fingerprint density at radius 3 is 1.33 bits per heavy atom. The second kappa shape index (κ2) is 12.1. The van der Waals surface area contributed by atoms with Gasteiger partial charge in [0.05, 0.1) is 22.8 Å². The molecule has 0 heterocycles. The fraction of sp³-hybridized carbons (Fsp3) is 0.111. The maximum absolute atomic E-state index is 5.14. The quantitative estimate of drug-likeness (QED) is 0.243. The predicted molar refractivity (Wildman–Crippen MR) is 114 cm³/mol. The molecular weight excluding hydrogens is 428 g/mol. The van der Waals surface area contributed by atoms with Crippen molar-refractivity contribution < 1.29 is 17.1 Å². The first-order valence-electron chi connectivity index (χ1n) is 7.77. The summed E-state index contributed by atoms with van der Waals surface area (Å²) < 4.78 is 0. The van der Waals surface area contributed by atoms with Gasteiger partial charge in [-0.2, -0.15) is 10.2 Å². The molecule has 27 heavy (non-hydrogen) atoms. The fourth-order valence-electron chi connectivity index (χ4n) is 1.71. The average molecular weight is 446 g/mol. The topological polar surface area (TPSA) is 73.5 Å². The Labute approximate surface area is 180 Å². The number of hydrogen-bond acceptors (Lipinski definition) is 6. The van der Waals surface area contributed by atoms with Crippen molar-refractivity contribution >= 4 is 58.4 Å². The first kappa shape index (κ1) is 22.7. The molecule has 2 rings (SSSR count). The summed E-state index contributed by atoms with van der Waals surface area (Å²) in [5, 5.41) is 8.88. The van der Waals surface area contributed by atoms with E-state index in [1.165, 1.54) is 0 Å². The standard InChI is InChI=1S/C18H20N6S2.Cu/c1-13(21-23-17(25)19-15-9-5-3-6-10-15)14(2)22-24-18(26)20-16-11-7-4-8-12-16;/h3-12H,1-2H3,(H2,19,23,25)(H2,20,24,26);/q;+2/p-2/b21-13-,22-14-;. The minimum absolute atomic E-state index is 0. The van der Waals surface area contributed by atoms with Crippen LogP contribution in [0.15, 0.2) is 80.9 Å². The van der Waals surface area contributed by atoms with Gasteiger partial charge in [0.1, 0.15) is 0 Å². The normalized spacial score (nSPS) is 13.0. The van der Waals surface area contributed by atoms with Crippen molar-refractivity contribution in [3.05, 3.63) is 60.7 Å². The molecule has 143 valence electrons. The number of amidine groups is 2. The van der Waals surface area contributed by atoms with Crippen molar-refractivity contribution in [2.75, 3.05) is 0 Å². The van der Waals surface area contributed by atoms with Gasteiger partial charge in [-0.25, -0.2) is 0 Å². The van der Waals surface area contributed by atoms with Gasteiger partial charge in [0.15, 0.2) is 0 Å². The number of para-hydroxylation sites is 2. The molecule has 2 N–H and O–H groups in total. The van der Waals surface area contributed by atoms with Gasteiger partial charge in [-0.05, 0) is 38.1 Å². The van der Waals surface area contributed by atoms with Crippen molar-refractivity contribution in [2.45, 2.75) is 13.8 Å². The number of nitrogens with zero attached hydrogens (tertiary/aromatic N) is 4. The molecule has 0 aliphatic rings. The second-order valence-corrected chi connectivity index (χ2v) is 5.90. The van der Waals surface area contributed by atoms with Crippen LogP contribution in [0.4, 0.5) is 11.4 Å². The Morgan fingerprint density at radius 1 is 0.667 bits per heavy atom. The second-order valence-electron chi connectivity index (χ2n) is 5.12. The van der Waals surface area contributed by atoms with Crippen LogP contribution >= 0.6 is 0 Å². The van der Waals surface area contributed by atoms with Crippen molar-refractivity contribution in [1.82, 2.24) is 10.9 Å². The molecule has 2 aromatic carbocycles. The molecule has 1 radical (unpaired) electrons. The summed E-state index contributed by atoms with van der Waals surface area (Å²) in [6.45, 7) is 3.60. The number of hydrogen-bond donors (Lipinski definition) is 2. The number of aliphatic imine (C=N–C) groups is 2. The molecule has 6 nitrogen and oxygen atoms in total. The monoisotopic (exact) mass is 445 g/mol. The third kappa shape index (κ3) is 8.74. The Balaban J connectivity index is 0.00000364. The average Bonchev–Trinajstić information content (AvgIpc) is 2.65. The molecule has 0 fully saturated rings. The molecule has 0 bridgehead atoms. The first-order chi connectivity index (χ1) is 12.5.